The molecule has 20 heavy (non-hydrogen) atoms. The molecule has 0 aliphatic rings. The summed E-state index contributed by atoms with van der Waals surface area (Å²) in [5.74, 6) is -0.155. The van der Waals surface area contributed by atoms with Crippen LogP contribution in [0.3, 0.4) is 0 Å². The Morgan fingerprint density at radius 1 is 1.45 bits per heavy atom. The molecule has 1 amide bonds. The van der Waals surface area contributed by atoms with E-state index in [4.69, 9.17) is 16.0 Å². The van der Waals surface area contributed by atoms with Gasteiger partial charge in [-0.05, 0) is 36.8 Å². The molecule has 0 fully saturated rings. The minimum Gasteiger partial charge on any atom is -0.459 e. The third kappa shape index (κ3) is 2.19. The van der Waals surface area contributed by atoms with Gasteiger partial charge in [0.2, 0.25) is 0 Å². The number of aromatic nitrogens is 1. The van der Waals surface area contributed by atoms with Gasteiger partial charge in [-0.2, -0.15) is 4.99 Å². The second-order valence-corrected chi connectivity index (χ2v) is 5.85. The van der Waals surface area contributed by atoms with Crippen molar-refractivity contribution in [1.29, 1.82) is 0 Å². The van der Waals surface area contributed by atoms with E-state index in [9.17, 15) is 4.79 Å². The maximum Gasteiger partial charge on any atom is 0.315 e. The molecule has 2 aromatic heterocycles. The number of hydrogen-bond donors (Lipinski definition) is 0. The van der Waals surface area contributed by atoms with Gasteiger partial charge in [0.15, 0.2) is 10.6 Å². The third-order valence-electron chi connectivity index (χ3n) is 2.98. The summed E-state index contributed by atoms with van der Waals surface area (Å²) >= 11 is 7.48. The van der Waals surface area contributed by atoms with Crippen LogP contribution in [0.5, 0.6) is 0 Å². The predicted octanol–water partition coefficient (Wildman–Crippen LogP) is 3.54. The van der Waals surface area contributed by atoms with Gasteiger partial charge in [0, 0.05) is 12.1 Å². The topological polar surface area (TPSA) is 47.5 Å². The van der Waals surface area contributed by atoms with Gasteiger partial charge < -0.3 is 8.98 Å². The van der Waals surface area contributed by atoms with Crippen LogP contribution in [0.25, 0.3) is 10.2 Å². The van der Waals surface area contributed by atoms with E-state index in [1.807, 2.05) is 30.7 Å². The molecule has 0 radical (unpaired) electrons. The molecule has 0 unspecified atom stereocenters. The fraction of sp³-hybridized carbons (Fsp3) is 0.143. The van der Waals surface area contributed by atoms with E-state index in [0.29, 0.717) is 9.82 Å². The van der Waals surface area contributed by atoms with Gasteiger partial charge in [-0.3, -0.25) is 4.79 Å². The molecule has 4 nitrogen and oxygen atoms in total. The first-order valence-corrected chi connectivity index (χ1v) is 7.14. The summed E-state index contributed by atoms with van der Waals surface area (Å²) in [7, 11) is 1.88. The van der Waals surface area contributed by atoms with Crippen molar-refractivity contribution in [3.05, 3.63) is 51.7 Å². The van der Waals surface area contributed by atoms with E-state index in [1.54, 1.807) is 12.1 Å². The molecule has 6 heteroatoms. The lowest BCUT2D eigenvalue weighted by atomic mass is 10.2. The number of amides is 1. The summed E-state index contributed by atoms with van der Waals surface area (Å²) in [6, 6.07) is 7.04. The minimum absolute atomic E-state index is 0.234. The molecule has 1 aromatic carbocycles. The molecular formula is C14H11ClN2O2S. The Hall–Kier alpha value is -1.85. The van der Waals surface area contributed by atoms with Gasteiger partial charge in [-0.15, -0.1) is 0 Å². The summed E-state index contributed by atoms with van der Waals surface area (Å²) in [4.78, 5) is 16.7. The Morgan fingerprint density at radius 3 is 2.95 bits per heavy atom. The molecule has 0 saturated heterocycles. The van der Waals surface area contributed by atoms with E-state index in [1.165, 1.54) is 17.6 Å². The zero-order valence-electron chi connectivity index (χ0n) is 10.9. The SMILES string of the molecule is Cc1cc(Cl)cc2sc(=NC(=O)c3ccco3)n(C)c12. The number of halogens is 1. The number of carbonyl (C=O) groups is 1. The molecule has 3 aromatic rings. The summed E-state index contributed by atoms with van der Waals surface area (Å²) in [5.41, 5.74) is 2.09. The Bertz CT molecular complexity index is 859. The number of hydrogen-bond acceptors (Lipinski definition) is 3. The van der Waals surface area contributed by atoms with Crippen LogP contribution in [0.1, 0.15) is 16.1 Å². The monoisotopic (exact) mass is 306 g/mol. The van der Waals surface area contributed by atoms with E-state index in [2.05, 4.69) is 4.99 Å². The van der Waals surface area contributed by atoms with Crippen molar-refractivity contribution in [2.24, 2.45) is 12.0 Å². The highest BCUT2D eigenvalue weighted by atomic mass is 35.5. The lowest BCUT2D eigenvalue weighted by Crippen LogP contribution is -2.13. The van der Waals surface area contributed by atoms with Crippen molar-refractivity contribution < 1.29 is 9.21 Å². The Balaban J connectivity index is 2.20. The number of rotatable bonds is 1. The fourth-order valence-corrected chi connectivity index (χ4v) is 3.59. The number of nitrogens with zero attached hydrogens (tertiary/aromatic N) is 2. The largest absolute Gasteiger partial charge is 0.459 e. The second-order valence-electron chi connectivity index (χ2n) is 4.41. The quantitative estimate of drug-likeness (QED) is 0.690. The Kier molecular flexibility index (Phi) is 3.23. The van der Waals surface area contributed by atoms with Gasteiger partial charge in [0.1, 0.15) is 0 Å². The molecule has 3 rings (SSSR count). The molecule has 0 N–H and O–H groups in total. The van der Waals surface area contributed by atoms with Crippen LogP contribution >= 0.6 is 22.9 Å². The lowest BCUT2D eigenvalue weighted by Gasteiger charge is -2.00. The van der Waals surface area contributed by atoms with Crippen LogP contribution in [0.15, 0.2) is 39.9 Å². The average molecular weight is 307 g/mol. The van der Waals surface area contributed by atoms with Crippen LogP contribution < -0.4 is 4.80 Å². The third-order valence-corrected chi connectivity index (χ3v) is 4.28. The van der Waals surface area contributed by atoms with Gasteiger partial charge in [0.25, 0.3) is 0 Å². The smallest absolute Gasteiger partial charge is 0.315 e. The van der Waals surface area contributed by atoms with Crippen molar-refractivity contribution in [2.75, 3.05) is 0 Å². The van der Waals surface area contributed by atoms with E-state index in [-0.39, 0.29) is 11.7 Å². The summed E-state index contributed by atoms with van der Waals surface area (Å²) < 4.78 is 7.95. The standard InChI is InChI=1S/C14H11ClN2O2S/c1-8-6-9(15)7-11-12(8)17(2)14(20-11)16-13(18)10-4-3-5-19-10/h3-7H,1-2H3. The van der Waals surface area contributed by atoms with Crippen LogP contribution in [0, 0.1) is 6.92 Å². The molecule has 2 heterocycles. The first kappa shape index (κ1) is 13.1. The van der Waals surface area contributed by atoms with Crippen LogP contribution in [-0.4, -0.2) is 10.5 Å². The van der Waals surface area contributed by atoms with Crippen molar-refractivity contribution in [3.8, 4) is 0 Å². The van der Waals surface area contributed by atoms with Gasteiger partial charge in [-0.25, -0.2) is 0 Å². The summed E-state index contributed by atoms with van der Waals surface area (Å²) in [5, 5.41) is 0.681. The molecule has 0 aliphatic heterocycles. The molecule has 0 spiro atoms. The number of benzene rings is 1. The molecule has 0 bridgehead atoms. The van der Waals surface area contributed by atoms with Crippen molar-refractivity contribution in [2.45, 2.75) is 6.92 Å². The number of furan rings is 1. The van der Waals surface area contributed by atoms with Gasteiger partial charge in [0.05, 0.1) is 16.5 Å². The minimum atomic E-state index is -0.388. The number of carbonyl (C=O) groups excluding carboxylic acids is 1. The van der Waals surface area contributed by atoms with Crippen LogP contribution in [0.4, 0.5) is 0 Å². The van der Waals surface area contributed by atoms with Crippen molar-refractivity contribution in [1.82, 2.24) is 4.57 Å². The highest BCUT2D eigenvalue weighted by Gasteiger charge is 2.10. The first-order valence-electron chi connectivity index (χ1n) is 5.94. The number of aryl methyl sites for hydroxylation is 2. The zero-order chi connectivity index (χ0) is 14.3. The predicted molar refractivity (Wildman–Crippen MR) is 79.1 cm³/mol. The number of fused-ring (bicyclic) bond motifs is 1. The molecule has 0 saturated carbocycles. The molecule has 0 aliphatic carbocycles. The van der Waals surface area contributed by atoms with Gasteiger partial charge >= 0.3 is 5.91 Å². The molecular weight excluding hydrogens is 296 g/mol. The van der Waals surface area contributed by atoms with Crippen molar-refractivity contribution >= 4 is 39.1 Å². The van der Waals surface area contributed by atoms with Gasteiger partial charge in [-0.1, -0.05) is 22.9 Å². The number of thiazole rings is 1. The zero-order valence-corrected chi connectivity index (χ0v) is 12.5. The second kappa shape index (κ2) is 4.92. The Labute approximate surface area is 123 Å². The van der Waals surface area contributed by atoms with E-state index in [0.717, 1.165) is 15.8 Å². The molecule has 102 valence electrons. The fourth-order valence-electron chi connectivity index (χ4n) is 2.11. The average Bonchev–Trinajstić information content (AvgIpc) is 2.98. The van der Waals surface area contributed by atoms with E-state index >= 15 is 0 Å². The normalized spacial score (nSPS) is 12.2. The maximum atomic E-state index is 12.0. The Morgan fingerprint density at radius 2 is 2.25 bits per heavy atom. The maximum absolute atomic E-state index is 12.0. The summed E-state index contributed by atoms with van der Waals surface area (Å²) in [6.45, 7) is 1.99. The lowest BCUT2D eigenvalue weighted by molar-refractivity contribution is 0.0971. The van der Waals surface area contributed by atoms with Crippen LogP contribution in [0.2, 0.25) is 5.02 Å². The summed E-state index contributed by atoms with van der Waals surface area (Å²) in [6.07, 6.45) is 1.46. The molecule has 0 atom stereocenters. The highest BCUT2D eigenvalue weighted by Crippen LogP contribution is 2.25. The first-order chi connectivity index (χ1) is 9.56. The van der Waals surface area contributed by atoms with E-state index < -0.39 is 0 Å². The van der Waals surface area contributed by atoms with Crippen molar-refractivity contribution in [3.63, 3.8) is 0 Å². The highest BCUT2D eigenvalue weighted by molar-refractivity contribution is 7.16. The van der Waals surface area contributed by atoms with Crippen LogP contribution in [-0.2, 0) is 7.05 Å².